The van der Waals surface area contributed by atoms with E-state index in [4.69, 9.17) is 4.74 Å². The zero-order valence-corrected chi connectivity index (χ0v) is 12.8. The monoisotopic (exact) mass is 298 g/mol. The zero-order chi connectivity index (χ0) is 14.5. The molecule has 120 valence electrons. The van der Waals surface area contributed by atoms with E-state index in [0.29, 0.717) is 19.6 Å². The number of nitrogens with zero attached hydrogens (tertiary/aromatic N) is 2. The van der Waals surface area contributed by atoms with E-state index in [2.05, 4.69) is 9.80 Å². The topological polar surface area (TPSA) is 35.9 Å². The Kier molecular flexibility index (Phi) is 3.52. The number of alkyl halides is 1. The molecule has 0 bridgehead atoms. The lowest BCUT2D eigenvalue weighted by atomic mass is 9.93. The third kappa shape index (κ3) is 2.24. The Bertz CT molecular complexity index is 410. The molecule has 0 spiro atoms. The molecule has 4 aliphatic heterocycles. The van der Waals surface area contributed by atoms with E-state index in [1.807, 2.05) is 0 Å². The smallest absolute Gasteiger partial charge is 0.115 e. The largest absolute Gasteiger partial charge is 0.394 e. The molecule has 0 saturated carbocycles. The first kappa shape index (κ1) is 14.4. The summed E-state index contributed by atoms with van der Waals surface area (Å²) >= 11 is 0. The molecule has 4 unspecified atom stereocenters. The van der Waals surface area contributed by atoms with Crippen molar-refractivity contribution in [1.82, 2.24) is 9.80 Å². The van der Waals surface area contributed by atoms with Crippen LogP contribution in [0.3, 0.4) is 0 Å². The second-order valence-electron chi connectivity index (χ2n) is 7.64. The molecule has 4 saturated heterocycles. The number of aliphatic hydroxyl groups is 1. The maximum absolute atomic E-state index is 13.8. The highest BCUT2D eigenvalue weighted by Crippen LogP contribution is 2.43. The van der Waals surface area contributed by atoms with Crippen molar-refractivity contribution in [3.05, 3.63) is 0 Å². The van der Waals surface area contributed by atoms with Crippen LogP contribution in [0.1, 0.15) is 38.5 Å². The molecule has 4 nitrogen and oxygen atoms in total. The molecule has 0 aromatic carbocycles. The fraction of sp³-hybridized carbons (Fsp3) is 1.00. The fourth-order valence-corrected chi connectivity index (χ4v) is 5.32. The van der Waals surface area contributed by atoms with Gasteiger partial charge in [0.05, 0.1) is 19.3 Å². The van der Waals surface area contributed by atoms with E-state index >= 15 is 0 Å². The number of aliphatic hydroxyl groups excluding tert-OH is 1. The molecule has 4 atom stereocenters. The van der Waals surface area contributed by atoms with Gasteiger partial charge in [-0.25, -0.2) is 4.39 Å². The minimum Gasteiger partial charge on any atom is -0.394 e. The molecule has 0 aliphatic carbocycles. The number of ether oxygens (including phenoxy) is 1. The van der Waals surface area contributed by atoms with Crippen LogP contribution in [-0.2, 0) is 4.74 Å². The van der Waals surface area contributed by atoms with E-state index in [0.717, 1.165) is 38.9 Å². The third-order valence-electron chi connectivity index (χ3n) is 6.42. The van der Waals surface area contributed by atoms with Crippen LogP contribution >= 0.6 is 0 Å². The van der Waals surface area contributed by atoms with Crippen molar-refractivity contribution < 1.29 is 14.2 Å². The molecule has 0 aromatic rings. The molecule has 0 amide bonds. The van der Waals surface area contributed by atoms with E-state index < -0.39 is 6.17 Å². The highest BCUT2D eigenvalue weighted by atomic mass is 19.1. The predicted molar refractivity (Wildman–Crippen MR) is 78.0 cm³/mol. The first-order valence-electron chi connectivity index (χ1n) is 8.53. The summed E-state index contributed by atoms with van der Waals surface area (Å²) in [5.41, 5.74) is -0.0468. The number of hydrogen-bond donors (Lipinski definition) is 1. The molecule has 0 radical (unpaired) electrons. The maximum Gasteiger partial charge on any atom is 0.115 e. The summed E-state index contributed by atoms with van der Waals surface area (Å²) in [6.07, 6.45) is 5.66. The molecule has 21 heavy (non-hydrogen) atoms. The van der Waals surface area contributed by atoms with Crippen molar-refractivity contribution >= 4 is 0 Å². The molecule has 4 heterocycles. The third-order valence-corrected chi connectivity index (χ3v) is 6.42. The van der Waals surface area contributed by atoms with Crippen LogP contribution in [0.2, 0.25) is 0 Å². The maximum atomic E-state index is 13.8. The van der Waals surface area contributed by atoms with E-state index in [1.165, 1.54) is 12.8 Å². The SMILES string of the molecule is OCC12CCCN1CC(OCC13CCCN1CC(F)C3)C2. The van der Waals surface area contributed by atoms with Gasteiger partial charge in [-0.15, -0.1) is 0 Å². The van der Waals surface area contributed by atoms with E-state index in [-0.39, 0.29) is 23.8 Å². The quantitative estimate of drug-likeness (QED) is 0.845. The summed E-state index contributed by atoms with van der Waals surface area (Å²) in [6, 6.07) is 0. The van der Waals surface area contributed by atoms with Gasteiger partial charge < -0.3 is 9.84 Å². The van der Waals surface area contributed by atoms with E-state index in [1.54, 1.807) is 0 Å². The van der Waals surface area contributed by atoms with Crippen LogP contribution in [0.25, 0.3) is 0 Å². The van der Waals surface area contributed by atoms with Crippen molar-refractivity contribution in [3.8, 4) is 0 Å². The fourth-order valence-electron chi connectivity index (χ4n) is 5.32. The predicted octanol–water partition coefficient (Wildman–Crippen LogP) is 1.18. The second-order valence-corrected chi connectivity index (χ2v) is 7.64. The molecule has 0 aromatic heterocycles. The molecule has 1 N–H and O–H groups in total. The van der Waals surface area contributed by atoms with Crippen molar-refractivity contribution in [1.29, 1.82) is 0 Å². The lowest BCUT2D eigenvalue weighted by molar-refractivity contribution is -0.00980. The van der Waals surface area contributed by atoms with Gasteiger partial charge in [0.25, 0.3) is 0 Å². The van der Waals surface area contributed by atoms with Gasteiger partial charge in [0.15, 0.2) is 0 Å². The van der Waals surface area contributed by atoms with Crippen molar-refractivity contribution in [3.63, 3.8) is 0 Å². The Balaban J connectivity index is 1.38. The highest BCUT2D eigenvalue weighted by molar-refractivity contribution is 5.06. The van der Waals surface area contributed by atoms with Gasteiger partial charge in [-0.05, 0) is 45.2 Å². The van der Waals surface area contributed by atoms with Gasteiger partial charge in [0, 0.05) is 30.6 Å². The first-order chi connectivity index (χ1) is 10.2. The Hall–Kier alpha value is -0.230. The summed E-state index contributed by atoms with van der Waals surface area (Å²) in [5, 5.41) is 9.75. The lowest BCUT2D eigenvalue weighted by Crippen LogP contribution is -2.43. The second kappa shape index (κ2) is 5.15. The molecule has 4 fully saturated rings. The van der Waals surface area contributed by atoms with E-state index in [9.17, 15) is 9.50 Å². The normalized spacial score (nSPS) is 47.1. The van der Waals surface area contributed by atoms with Gasteiger partial charge in [0.2, 0.25) is 0 Å². The average Bonchev–Trinajstić information content (AvgIpc) is 3.13. The highest BCUT2D eigenvalue weighted by Gasteiger charge is 2.51. The number of hydrogen-bond acceptors (Lipinski definition) is 4. The van der Waals surface area contributed by atoms with Crippen LogP contribution in [0.5, 0.6) is 0 Å². The van der Waals surface area contributed by atoms with Crippen LogP contribution < -0.4 is 0 Å². The molecule has 4 aliphatic rings. The Morgan fingerprint density at radius 2 is 1.76 bits per heavy atom. The van der Waals surface area contributed by atoms with Gasteiger partial charge in [0.1, 0.15) is 6.17 Å². The van der Waals surface area contributed by atoms with Crippen molar-refractivity contribution in [2.75, 3.05) is 39.4 Å². The number of fused-ring (bicyclic) bond motifs is 2. The number of rotatable bonds is 4. The molecule has 4 rings (SSSR count). The molecular weight excluding hydrogens is 271 g/mol. The Morgan fingerprint density at radius 1 is 1.05 bits per heavy atom. The Labute approximate surface area is 126 Å². The summed E-state index contributed by atoms with van der Waals surface area (Å²) in [4.78, 5) is 4.73. The average molecular weight is 298 g/mol. The lowest BCUT2D eigenvalue weighted by Gasteiger charge is -2.32. The van der Waals surface area contributed by atoms with Gasteiger partial charge in [-0.3, -0.25) is 9.80 Å². The van der Waals surface area contributed by atoms with Crippen LogP contribution in [0, 0.1) is 0 Å². The van der Waals surface area contributed by atoms with Crippen LogP contribution in [-0.4, -0.2) is 77.7 Å². The summed E-state index contributed by atoms with van der Waals surface area (Å²) in [7, 11) is 0. The van der Waals surface area contributed by atoms with Gasteiger partial charge >= 0.3 is 0 Å². The summed E-state index contributed by atoms with van der Waals surface area (Å²) in [6.45, 7) is 4.58. The minimum atomic E-state index is -0.676. The van der Waals surface area contributed by atoms with Crippen LogP contribution in [0.4, 0.5) is 4.39 Å². The Morgan fingerprint density at radius 3 is 2.48 bits per heavy atom. The molecule has 5 heteroatoms. The summed E-state index contributed by atoms with van der Waals surface area (Å²) in [5.74, 6) is 0. The van der Waals surface area contributed by atoms with Crippen LogP contribution in [0.15, 0.2) is 0 Å². The zero-order valence-electron chi connectivity index (χ0n) is 12.8. The van der Waals surface area contributed by atoms with Crippen molar-refractivity contribution in [2.24, 2.45) is 0 Å². The minimum absolute atomic E-state index is 0.0179. The standard InChI is InChI=1S/C16H27FN2O2/c17-13-7-16(4-2-5-18(16)9-13)12-21-14-8-15(11-20)3-1-6-19(15)10-14/h13-14,20H,1-12H2. The first-order valence-corrected chi connectivity index (χ1v) is 8.53. The van der Waals surface area contributed by atoms with Crippen molar-refractivity contribution in [2.45, 2.75) is 61.9 Å². The molecular formula is C16H27FN2O2. The summed E-state index contributed by atoms with van der Waals surface area (Å²) < 4.78 is 20.0. The number of halogens is 1. The van der Waals surface area contributed by atoms with Gasteiger partial charge in [-0.2, -0.15) is 0 Å². The van der Waals surface area contributed by atoms with Gasteiger partial charge in [-0.1, -0.05) is 0 Å².